The molecule has 1 saturated heterocycles. The van der Waals surface area contributed by atoms with Crippen LogP contribution in [0.2, 0.25) is 0 Å². The highest BCUT2D eigenvalue weighted by Gasteiger charge is 2.39. The van der Waals surface area contributed by atoms with Crippen molar-refractivity contribution in [3.05, 3.63) is 35.9 Å². The maximum atomic E-state index is 13.2. The molecule has 0 saturated carbocycles. The van der Waals surface area contributed by atoms with E-state index in [1.165, 1.54) is 24.3 Å². The molecule has 2 aromatic carbocycles. The molecule has 16 heteroatoms. The average molecular weight is 513 g/mol. The van der Waals surface area contributed by atoms with Gasteiger partial charge in [0.25, 0.3) is 0 Å². The first-order chi connectivity index (χ1) is 15.5. The summed E-state index contributed by atoms with van der Waals surface area (Å²) in [5, 5.41) is 15.1. The monoisotopic (exact) mass is 512 g/mol. The first kappa shape index (κ1) is 23.4. The van der Waals surface area contributed by atoms with Crippen LogP contribution in [0.15, 0.2) is 55.3 Å². The van der Waals surface area contributed by atoms with Gasteiger partial charge in [-0.15, -0.1) is 5.11 Å². The number of hydrogen-bond acceptors (Lipinski definition) is 11. The highest BCUT2D eigenvalue weighted by molar-refractivity contribution is 7.94. The second-order valence-electron chi connectivity index (χ2n) is 7.15. The highest BCUT2D eigenvalue weighted by Crippen LogP contribution is 2.40. The first-order valence-corrected chi connectivity index (χ1v) is 13.5. The third-order valence-corrected chi connectivity index (χ3v) is 8.83. The fraction of sp³-hybridized carbons (Fsp3) is 0.235. The Morgan fingerprint density at radius 1 is 1.12 bits per heavy atom. The summed E-state index contributed by atoms with van der Waals surface area (Å²) >= 11 is -2.67. The molecule has 4 rings (SSSR count). The average Bonchev–Trinajstić information content (AvgIpc) is 3.20. The Morgan fingerprint density at radius 2 is 1.85 bits per heavy atom. The number of nitrogens with zero attached hydrogens (tertiary/aromatic N) is 3. The van der Waals surface area contributed by atoms with E-state index >= 15 is 0 Å². The first-order valence-electron chi connectivity index (χ1n) is 9.33. The van der Waals surface area contributed by atoms with Crippen molar-refractivity contribution in [3.63, 3.8) is 0 Å². The summed E-state index contributed by atoms with van der Waals surface area (Å²) in [6.45, 7) is 0.239. The minimum absolute atomic E-state index is 0.0299. The van der Waals surface area contributed by atoms with E-state index in [0.29, 0.717) is 0 Å². The van der Waals surface area contributed by atoms with Gasteiger partial charge in [-0.05, 0) is 17.7 Å². The third kappa shape index (κ3) is 4.28. The number of rotatable bonds is 7. The van der Waals surface area contributed by atoms with Crippen molar-refractivity contribution in [2.24, 2.45) is 20.4 Å². The molecule has 2 aliphatic rings. The molecule has 176 valence electrons. The number of sulfonamides is 1. The topological polar surface area (TPSA) is 222 Å². The third-order valence-electron chi connectivity index (χ3n) is 5.16. The summed E-state index contributed by atoms with van der Waals surface area (Å²) < 4.78 is 76.2. The Balaban J connectivity index is 2.07. The van der Waals surface area contributed by atoms with Crippen LogP contribution in [0.1, 0.15) is 5.56 Å². The Hall–Kier alpha value is -2.76. The van der Waals surface area contributed by atoms with Crippen LogP contribution in [0.25, 0.3) is 11.1 Å². The number of azo groups is 1. The van der Waals surface area contributed by atoms with Gasteiger partial charge < -0.3 is 20.3 Å². The molecule has 13 nitrogen and oxygen atoms in total. The number of sulfone groups is 1. The number of nitrogens with one attached hydrogen (secondary N) is 2. The van der Waals surface area contributed by atoms with Crippen LogP contribution in [0, 0.1) is 0 Å². The lowest BCUT2D eigenvalue weighted by atomic mass is 9.97. The van der Waals surface area contributed by atoms with Crippen LogP contribution in [0.5, 0.6) is 0 Å². The number of para-hydroxylation sites is 1. The van der Waals surface area contributed by atoms with Gasteiger partial charge in [-0.25, -0.2) is 27.0 Å². The zero-order valence-corrected chi connectivity index (χ0v) is 19.2. The summed E-state index contributed by atoms with van der Waals surface area (Å²) in [4.78, 5) is 2.92. The molecule has 0 aromatic heterocycles. The molecule has 0 radical (unpaired) electrons. The molecule has 1 atom stereocenters. The molecule has 1 fully saturated rings. The van der Waals surface area contributed by atoms with Gasteiger partial charge in [-0.2, -0.15) is 5.11 Å². The molecule has 1 unspecified atom stereocenters. The van der Waals surface area contributed by atoms with E-state index in [-0.39, 0.29) is 53.7 Å². The smallest absolute Gasteiger partial charge is 0.240 e. The van der Waals surface area contributed by atoms with E-state index in [4.69, 9.17) is 10.9 Å². The van der Waals surface area contributed by atoms with Crippen molar-refractivity contribution >= 4 is 48.3 Å². The second kappa shape index (κ2) is 8.54. The summed E-state index contributed by atoms with van der Waals surface area (Å²) in [5.74, 6) is -0.136. The minimum atomic E-state index is -4.61. The van der Waals surface area contributed by atoms with E-state index in [9.17, 15) is 25.6 Å². The van der Waals surface area contributed by atoms with Gasteiger partial charge in [0.05, 0.1) is 27.1 Å². The van der Waals surface area contributed by atoms with Crippen LogP contribution in [0.3, 0.4) is 0 Å². The number of aliphatic imine (C=N–C) groups is 1. The quantitative estimate of drug-likeness (QED) is 0.284. The van der Waals surface area contributed by atoms with Crippen molar-refractivity contribution in [2.45, 2.75) is 15.0 Å². The van der Waals surface area contributed by atoms with E-state index in [1.54, 1.807) is 0 Å². The van der Waals surface area contributed by atoms with Gasteiger partial charge in [0.15, 0.2) is 22.3 Å². The number of nitrogens with two attached hydrogens (primary N) is 2. The van der Waals surface area contributed by atoms with Gasteiger partial charge in [0.2, 0.25) is 10.0 Å². The molecular formula is C17H18N7O6S3-. The standard InChI is InChI=1S/C17H19N7O6S3/c18-15-11(2-1-3-12(15)24-31(25)26)10-4-5-13(32(27,28)9-6-20-7-9)16(33(19,29)30)14(10)17-21-8-22-23-17/h1-5,9,20,24H,6-8,18H2,(H,25,26)(H2,19,29,30)/p-1. The zero-order chi connectivity index (χ0) is 24.0. The molecule has 2 aliphatic heterocycles. The molecule has 0 spiro atoms. The Bertz CT molecular complexity index is 1430. The van der Waals surface area contributed by atoms with Crippen LogP contribution < -0.4 is 20.9 Å². The maximum Gasteiger partial charge on any atom is 0.240 e. The fourth-order valence-corrected chi connectivity index (χ4v) is 7.05. The van der Waals surface area contributed by atoms with Gasteiger partial charge in [-0.1, -0.05) is 18.2 Å². The number of benzene rings is 2. The van der Waals surface area contributed by atoms with Crippen LogP contribution in [0.4, 0.5) is 11.4 Å². The summed E-state index contributed by atoms with van der Waals surface area (Å²) in [6, 6.07) is 6.91. The summed E-state index contributed by atoms with van der Waals surface area (Å²) in [7, 11) is -8.69. The lowest BCUT2D eigenvalue weighted by Crippen LogP contribution is -2.51. The molecular weight excluding hydrogens is 494 g/mol. The molecule has 2 aromatic rings. The van der Waals surface area contributed by atoms with Crippen molar-refractivity contribution < 1.29 is 25.6 Å². The number of amidine groups is 1. The predicted octanol–water partition coefficient (Wildman–Crippen LogP) is -0.295. The predicted molar refractivity (Wildman–Crippen MR) is 120 cm³/mol. The Kier molecular flexibility index (Phi) is 6.06. The molecule has 0 amide bonds. The van der Waals surface area contributed by atoms with Gasteiger partial charge in [-0.3, -0.25) is 4.21 Å². The van der Waals surface area contributed by atoms with Crippen molar-refractivity contribution in [1.82, 2.24) is 5.32 Å². The summed E-state index contributed by atoms with van der Waals surface area (Å²) in [6.07, 6.45) is 0. The zero-order valence-electron chi connectivity index (χ0n) is 16.8. The van der Waals surface area contributed by atoms with E-state index in [0.717, 1.165) is 6.07 Å². The fourth-order valence-electron chi connectivity index (χ4n) is 3.51. The van der Waals surface area contributed by atoms with Gasteiger partial charge in [0.1, 0.15) is 4.90 Å². The van der Waals surface area contributed by atoms with Crippen molar-refractivity contribution in [3.8, 4) is 11.1 Å². The number of hydrogen-bond donors (Lipinski definition) is 4. The maximum absolute atomic E-state index is 13.2. The lowest BCUT2D eigenvalue weighted by Gasteiger charge is -2.28. The molecule has 0 bridgehead atoms. The number of primary sulfonamides is 1. The van der Waals surface area contributed by atoms with Crippen molar-refractivity contribution in [1.29, 1.82) is 0 Å². The van der Waals surface area contributed by atoms with E-state index in [1.807, 2.05) is 0 Å². The van der Waals surface area contributed by atoms with Crippen LogP contribution in [-0.4, -0.2) is 56.4 Å². The van der Waals surface area contributed by atoms with Crippen LogP contribution in [-0.2, 0) is 31.1 Å². The molecule has 6 N–H and O–H groups in total. The second-order valence-corrected chi connectivity index (χ2v) is 11.5. The summed E-state index contributed by atoms with van der Waals surface area (Å²) in [5.41, 5.74) is 6.34. The normalized spacial score (nSPS) is 17.5. The molecule has 0 aliphatic carbocycles. The van der Waals surface area contributed by atoms with E-state index < -0.39 is 46.2 Å². The SMILES string of the molecule is Nc1c(NS(=O)[O-])cccc1-c1ccc(S(=O)(=O)C2CNC2)c(S(N)(=O)=O)c1C1=NCN=N1. The van der Waals surface area contributed by atoms with Crippen LogP contribution >= 0.6 is 0 Å². The Morgan fingerprint density at radius 3 is 2.39 bits per heavy atom. The molecule has 2 heterocycles. The van der Waals surface area contributed by atoms with Gasteiger partial charge in [0, 0.05) is 29.9 Å². The minimum Gasteiger partial charge on any atom is -0.755 e. The lowest BCUT2D eigenvalue weighted by molar-refractivity contribution is 0.493. The molecule has 33 heavy (non-hydrogen) atoms. The number of anilines is 2. The largest absolute Gasteiger partial charge is 0.755 e. The highest BCUT2D eigenvalue weighted by atomic mass is 32.2. The number of nitrogen functional groups attached to an aromatic ring is 1. The van der Waals surface area contributed by atoms with E-state index in [2.05, 4.69) is 25.3 Å². The van der Waals surface area contributed by atoms with Crippen molar-refractivity contribution in [2.75, 3.05) is 30.2 Å². The van der Waals surface area contributed by atoms with Gasteiger partial charge >= 0.3 is 0 Å². The Labute approximate surface area is 191 Å².